The number of carbonyl (C=O) groups excluding carboxylic acids is 2. The Labute approximate surface area is 153 Å². The molecule has 7 heteroatoms. The molecule has 2 aliphatic rings. The maximum Gasteiger partial charge on any atom is 0.253 e. The minimum Gasteiger partial charge on any atom is -0.376 e. The van der Waals surface area contributed by atoms with Crippen LogP contribution < -0.4 is 5.32 Å². The van der Waals surface area contributed by atoms with Gasteiger partial charge in [-0.15, -0.1) is 0 Å². The van der Waals surface area contributed by atoms with Crippen LogP contribution in [0.25, 0.3) is 0 Å². The fourth-order valence-electron chi connectivity index (χ4n) is 3.18. The van der Waals surface area contributed by atoms with Gasteiger partial charge in [-0.3, -0.25) is 14.5 Å². The minimum atomic E-state index is 0.0131. The third-order valence-electron chi connectivity index (χ3n) is 4.67. The Hall–Kier alpha value is -1.63. The van der Waals surface area contributed by atoms with E-state index in [1.165, 1.54) is 0 Å². The smallest absolute Gasteiger partial charge is 0.253 e. The van der Waals surface area contributed by atoms with Crippen LogP contribution in [-0.2, 0) is 9.53 Å². The summed E-state index contributed by atoms with van der Waals surface area (Å²) in [4.78, 5) is 28.4. The lowest BCUT2D eigenvalue weighted by atomic mass is 10.2. The van der Waals surface area contributed by atoms with Crippen LogP contribution in [0.5, 0.6) is 0 Å². The van der Waals surface area contributed by atoms with Gasteiger partial charge in [0.2, 0.25) is 5.91 Å². The highest BCUT2D eigenvalue weighted by Crippen LogP contribution is 2.13. The van der Waals surface area contributed by atoms with Crippen LogP contribution in [-0.4, -0.2) is 73.6 Å². The first-order valence-electron chi connectivity index (χ1n) is 8.77. The molecule has 2 aliphatic heterocycles. The minimum absolute atomic E-state index is 0.0131. The number of hydrogen-bond acceptors (Lipinski definition) is 4. The van der Waals surface area contributed by atoms with Crippen molar-refractivity contribution < 1.29 is 14.3 Å². The molecule has 0 saturated carbocycles. The van der Waals surface area contributed by atoms with E-state index in [-0.39, 0.29) is 17.9 Å². The lowest BCUT2D eigenvalue weighted by Gasteiger charge is -2.34. The van der Waals surface area contributed by atoms with E-state index in [4.69, 9.17) is 16.3 Å². The van der Waals surface area contributed by atoms with Crippen molar-refractivity contribution >= 4 is 23.4 Å². The van der Waals surface area contributed by atoms with E-state index >= 15 is 0 Å². The predicted molar refractivity (Wildman–Crippen MR) is 95.8 cm³/mol. The fraction of sp³-hybridized carbons (Fsp3) is 0.556. The summed E-state index contributed by atoms with van der Waals surface area (Å²) in [7, 11) is 0. The maximum atomic E-state index is 12.5. The van der Waals surface area contributed by atoms with Crippen molar-refractivity contribution in [1.29, 1.82) is 0 Å². The number of benzene rings is 1. The Morgan fingerprint density at radius 3 is 2.52 bits per heavy atom. The molecule has 136 valence electrons. The zero-order valence-electron chi connectivity index (χ0n) is 14.2. The first-order valence-corrected chi connectivity index (χ1v) is 9.15. The molecule has 0 radical (unpaired) electrons. The van der Waals surface area contributed by atoms with E-state index < -0.39 is 0 Å². The Morgan fingerprint density at radius 1 is 1.16 bits per heavy atom. The van der Waals surface area contributed by atoms with Crippen molar-refractivity contribution in [3.05, 3.63) is 34.9 Å². The van der Waals surface area contributed by atoms with E-state index in [1.807, 2.05) is 4.90 Å². The van der Waals surface area contributed by atoms with Gasteiger partial charge in [0.05, 0.1) is 12.6 Å². The number of carbonyl (C=O) groups is 2. The quantitative estimate of drug-likeness (QED) is 0.856. The van der Waals surface area contributed by atoms with E-state index in [1.54, 1.807) is 24.3 Å². The summed E-state index contributed by atoms with van der Waals surface area (Å²) in [6.07, 6.45) is 2.26. The maximum absolute atomic E-state index is 12.5. The van der Waals surface area contributed by atoms with Crippen molar-refractivity contribution in [3.63, 3.8) is 0 Å². The summed E-state index contributed by atoms with van der Waals surface area (Å²) in [6, 6.07) is 6.94. The molecule has 0 aromatic heterocycles. The van der Waals surface area contributed by atoms with Crippen LogP contribution in [0.4, 0.5) is 0 Å². The van der Waals surface area contributed by atoms with Gasteiger partial charge in [-0.25, -0.2) is 0 Å². The molecular weight excluding hydrogens is 342 g/mol. The van der Waals surface area contributed by atoms with Gasteiger partial charge in [0.1, 0.15) is 0 Å². The van der Waals surface area contributed by atoms with Crippen molar-refractivity contribution in [2.24, 2.45) is 0 Å². The first kappa shape index (κ1) is 18.2. The molecule has 3 rings (SSSR count). The first-order chi connectivity index (χ1) is 12.1. The largest absolute Gasteiger partial charge is 0.376 e. The van der Waals surface area contributed by atoms with Gasteiger partial charge in [0.15, 0.2) is 0 Å². The normalized spacial score (nSPS) is 21.3. The van der Waals surface area contributed by atoms with E-state index in [0.29, 0.717) is 49.9 Å². The van der Waals surface area contributed by atoms with Gasteiger partial charge < -0.3 is 15.0 Å². The molecule has 2 amide bonds. The van der Waals surface area contributed by atoms with E-state index in [9.17, 15) is 9.59 Å². The summed E-state index contributed by atoms with van der Waals surface area (Å²) in [5.41, 5.74) is 0.646. The third kappa shape index (κ3) is 5.17. The lowest BCUT2D eigenvalue weighted by Crippen LogP contribution is -2.51. The molecule has 0 bridgehead atoms. The topological polar surface area (TPSA) is 61.9 Å². The number of nitrogens with zero attached hydrogens (tertiary/aromatic N) is 2. The number of halogens is 1. The molecule has 0 aliphatic carbocycles. The van der Waals surface area contributed by atoms with Crippen LogP contribution >= 0.6 is 11.6 Å². The summed E-state index contributed by atoms with van der Waals surface area (Å²) < 4.78 is 5.50. The van der Waals surface area contributed by atoms with Crippen LogP contribution in [0.2, 0.25) is 5.02 Å². The van der Waals surface area contributed by atoms with Crippen molar-refractivity contribution in [2.45, 2.75) is 18.9 Å². The molecule has 6 nitrogen and oxygen atoms in total. The Morgan fingerprint density at radius 2 is 1.88 bits per heavy atom. The molecule has 1 aromatic carbocycles. The van der Waals surface area contributed by atoms with Crippen molar-refractivity contribution in [3.8, 4) is 0 Å². The monoisotopic (exact) mass is 365 g/mol. The summed E-state index contributed by atoms with van der Waals surface area (Å²) >= 11 is 5.86. The highest BCUT2D eigenvalue weighted by Gasteiger charge is 2.23. The molecular formula is C18H24ClN3O3. The number of hydrogen-bond donors (Lipinski definition) is 1. The molecule has 1 atom stereocenters. The number of nitrogens with one attached hydrogen (secondary N) is 1. The number of piperazine rings is 1. The van der Waals surface area contributed by atoms with Gasteiger partial charge >= 0.3 is 0 Å². The van der Waals surface area contributed by atoms with Crippen LogP contribution in [0.15, 0.2) is 24.3 Å². The second-order valence-electron chi connectivity index (χ2n) is 6.51. The number of ether oxygens (including phenoxy) is 1. The highest BCUT2D eigenvalue weighted by atomic mass is 35.5. The molecule has 2 heterocycles. The number of rotatable bonds is 5. The number of amides is 2. The molecule has 2 saturated heterocycles. The van der Waals surface area contributed by atoms with Gasteiger partial charge in [0, 0.05) is 49.9 Å². The van der Waals surface area contributed by atoms with E-state index in [2.05, 4.69) is 10.2 Å². The Bertz CT molecular complexity index is 594. The summed E-state index contributed by atoms with van der Waals surface area (Å²) in [5, 5.41) is 3.56. The van der Waals surface area contributed by atoms with Crippen molar-refractivity contribution in [2.75, 3.05) is 45.9 Å². The molecule has 1 aromatic rings. The molecule has 1 N–H and O–H groups in total. The highest BCUT2D eigenvalue weighted by molar-refractivity contribution is 6.30. The summed E-state index contributed by atoms with van der Waals surface area (Å²) in [5.74, 6) is 0.0344. The molecule has 1 unspecified atom stereocenters. The summed E-state index contributed by atoms with van der Waals surface area (Å²) in [6.45, 7) is 4.41. The average Bonchev–Trinajstić information content (AvgIpc) is 3.14. The second kappa shape index (κ2) is 8.65. The molecule has 25 heavy (non-hydrogen) atoms. The predicted octanol–water partition coefficient (Wildman–Crippen LogP) is 1.39. The van der Waals surface area contributed by atoms with Crippen molar-refractivity contribution in [1.82, 2.24) is 15.1 Å². The van der Waals surface area contributed by atoms with Gasteiger partial charge in [-0.1, -0.05) is 11.6 Å². The Kier molecular flexibility index (Phi) is 6.29. The van der Waals surface area contributed by atoms with E-state index in [0.717, 1.165) is 19.4 Å². The van der Waals surface area contributed by atoms with Crippen LogP contribution in [0.3, 0.4) is 0 Å². The fourth-order valence-corrected chi connectivity index (χ4v) is 3.30. The van der Waals surface area contributed by atoms with Gasteiger partial charge in [-0.2, -0.15) is 0 Å². The molecule has 0 spiro atoms. The molecule has 2 fully saturated rings. The third-order valence-corrected chi connectivity index (χ3v) is 4.92. The van der Waals surface area contributed by atoms with Gasteiger partial charge in [-0.05, 0) is 37.1 Å². The zero-order valence-corrected chi connectivity index (χ0v) is 15.0. The second-order valence-corrected chi connectivity index (χ2v) is 6.95. The lowest BCUT2D eigenvalue weighted by molar-refractivity contribution is -0.123. The van der Waals surface area contributed by atoms with Crippen LogP contribution in [0.1, 0.15) is 23.2 Å². The standard InChI is InChI=1S/C18H24ClN3O3/c19-15-5-3-14(4-6-15)18(24)22-9-7-21(8-10-22)13-17(23)20-12-16-2-1-11-25-16/h3-6,16H,1-2,7-13H2,(H,20,23). The van der Waals surface area contributed by atoms with Crippen LogP contribution in [0, 0.1) is 0 Å². The zero-order chi connectivity index (χ0) is 17.6. The van der Waals surface area contributed by atoms with Gasteiger partial charge in [0.25, 0.3) is 5.91 Å². The Balaban J connectivity index is 1.39. The SMILES string of the molecule is O=C(CN1CCN(C(=O)c2ccc(Cl)cc2)CC1)NCC1CCCO1. The average molecular weight is 366 g/mol.